The van der Waals surface area contributed by atoms with Gasteiger partial charge in [-0.05, 0) is 31.4 Å². The van der Waals surface area contributed by atoms with Gasteiger partial charge in [-0.1, -0.05) is 32.0 Å². The highest BCUT2D eigenvalue weighted by Crippen LogP contribution is 2.38. The lowest BCUT2D eigenvalue weighted by atomic mass is 9.75. The second-order valence-electron chi connectivity index (χ2n) is 4.84. The Kier molecular flexibility index (Phi) is 2.79. The van der Waals surface area contributed by atoms with Crippen LogP contribution < -0.4 is 5.32 Å². The third-order valence-electron chi connectivity index (χ3n) is 3.16. The Hall–Kier alpha value is -0.890. The van der Waals surface area contributed by atoms with E-state index in [2.05, 4.69) is 19.2 Å². The Balaban J connectivity index is 2.30. The third kappa shape index (κ3) is 1.91. The lowest BCUT2D eigenvalue weighted by Gasteiger charge is -2.45. The zero-order chi connectivity index (χ0) is 10.9. The Labute approximate surface area is 90.7 Å². The first kappa shape index (κ1) is 10.6. The molecule has 0 spiro atoms. The lowest BCUT2D eigenvalue weighted by Crippen LogP contribution is -2.55. The molecule has 1 aliphatic rings. The second-order valence-corrected chi connectivity index (χ2v) is 4.84. The Morgan fingerprint density at radius 1 is 1.40 bits per heavy atom. The lowest BCUT2D eigenvalue weighted by molar-refractivity contribution is 0.164. The largest absolute Gasteiger partial charge is 0.307 e. The molecule has 0 aliphatic carbocycles. The molecular formula is C13H18FN. The fourth-order valence-corrected chi connectivity index (χ4v) is 2.49. The van der Waals surface area contributed by atoms with Crippen molar-refractivity contribution in [2.24, 2.45) is 5.92 Å². The molecule has 1 unspecified atom stereocenters. The summed E-state index contributed by atoms with van der Waals surface area (Å²) in [6, 6.07) is 7.13. The van der Waals surface area contributed by atoms with E-state index in [1.54, 1.807) is 12.1 Å². The van der Waals surface area contributed by atoms with Crippen LogP contribution in [0.4, 0.5) is 4.39 Å². The summed E-state index contributed by atoms with van der Waals surface area (Å²) in [6.45, 7) is 5.37. The molecule has 1 fully saturated rings. The molecule has 2 rings (SSSR count). The third-order valence-corrected chi connectivity index (χ3v) is 3.16. The van der Waals surface area contributed by atoms with Crippen molar-refractivity contribution in [2.45, 2.75) is 32.2 Å². The van der Waals surface area contributed by atoms with Crippen LogP contribution in [0.15, 0.2) is 24.3 Å². The van der Waals surface area contributed by atoms with Gasteiger partial charge in [-0.15, -0.1) is 0 Å². The van der Waals surface area contributed by atoms with Crippen LogP contribution in [-0.2, 0) is 5.54 Å². The van der Waals surface area contributed by atoms with Gasteiger partial charge in [0.05, 0.1) is 0 Å². The van der Waals surface area contributed by atoms with Gasteiger partial charge in [-0.2, -0.15) is 0 Å². The van der Waals surface area contributed by atoms with E-state index >= 15 is 0 Å². The van der Waals surface area contributed by atoms with Gasteiger partial charge < -0.3 is 5.32 Å². The molecular weight excluding hydrogens is 189 g/mol. The van der Waals surface area contributed by atoms with E-state index in [0.717, 1.165) is 24.9 Å². The minimum atomic E-state index is -0.0977. The molecule has 1 saturated heterocycles. The minimum absolute atomic E-state index is 0.0784. The first-order valence-corrected chi connectivity index (χ1v) is 5.64. The van der Waals surface area contributed by atoms with E-state index in [1.165, 1.54) is 0 Å². The van der Waals surface area contributed by atoms with Gasteiger partial charge >= 0.3 is 0 Å². The zero-order valence-corrected chi connectivity index (χ0v) is 9.39. The molecule has 0 amide bonds. The van der Waals surface area contributed by atoms with Gasteiger partial charge in [-0.3, -0.25) is 0 Å². The molecule has 1 atom stereocenters. The predicted octanol–water partition coefficient (Wildman–Crippen LogP) is 3.06. The minimum Gasteiger partial charge on any atom is -0.307 e. The molecule has 1 heterocycles. The van der Waals surface area contributed by atoms with Gasteiger partial charge in [0.15, 0.2) is 0 Å². The van der Waals surface area contributed by atoms with Gasteiger partial charge in [0.1, 0.15) is 5.82 Å². The van der Waals surface area contributed by atoms with E-state index in [1.807, 2.05) is 12.1 Å². The Morgan fingerprint density at radius 3 is 2.53 bits per heavy atom. The molecule has 1 aromatic rings. The van der Waals surface area contributed by atoms with Gasteiger partial charge in [0.25, 0.3) is 0 Å². The van der Waals surface area contributed by atoms with E-state index in [-0.39, 0.29) is 11.4 Å². The molecule has 1 aromatic carbocycles. The molecule has 0 saturated carbocycles. The monoisotopic (exact) mass is 207 g/mol. The van der Waals surface area contributed by atoms with Crippen molar-refractivity contribution in [2.75, 3.05) is 6.54 Å². The van der Waals surface area contributed by atoms with Crippen molar-refractivity contribution in [3.8, 4) is 0 Å². The first-order chi connectivity index (χ1) is 7.14. The smallest absolute Gasteiger partial charge is 0.128 e. The molecule has 15 heavy (non-hydrogen) atoms. The highest BCUT2D eigenvalue weighted by Gasteiger charge is 2.40. The maximum Gasteiger partial charge on any atom is 0.128 e. The predicted molar refractivity (Wildman–Crippen MR) is 60.2 cm³/mol. The summed E-state index contributed by atoms with van der Waals surface area (Å²) in [5.41, 5.74) is 0.740. The standard InChI is InChI=1S/C13H18FN/c1-10(2)9-13(7-8-15-13)11-5-3-4-6-12(11)14/h3-6,10,15H,7-9H2,1-2H3. The molecule has 0 aromatic heterocycles. The fourth-order valence-electron chi connectivity index (χ4n) is 2.49. The summed E-state index contributed by atoms with van der Waals surface area (Å²) < 4.78 is 13.7. The van der Waals surface area contributed by atoms with E-state index < -0.39 is 0 Å². The highest BCUT2D eigenvalue weighted by molar-refractivity contribution is 5.28. The maximum absolute atomic E-state index is 13.7. The summed E-state index contributed by atoms with van der Waals surface area (Å²) in [5.74, 6) is 0.503. The number of halogens is 1. The van der Waals surface area contributed by atoms with Crippen LogP contribution in [0, 0.1) is 11.7 Å². The van der Waals surface area contributed by atoms with Crippen molar-refractivity contribution in [3.05, 3.63) is 35.6 Å². The summed E-state index contributed by atoms with van der Waals surface area (Å²) in [6.07, 6.45) is 2.06. The summed E-state index contributed by atoms with van der Waals surface area (Å²) >= 11 is 0. The molecule has 0 bridgehead atoms. The first-order valence-electron chi connectivity index (χ1n) is 5.64. The van der Waals surface area contributed by atoms with Crippen LogP contribution in [-0.4, -0.2) is 6.54 Å². The van der Waals surface area contributed by atoms with Crippen molar-refractivity contribution in [3.63, 3.8) is 0 Å². The second kappa shape index (κ2) is 3.93. The molecule has 1 nitrogen and oxygen atoms in total. The molecule has 82 valence electrons. The summed E-state index contributed by atoms with van der Waals surface area (Å²) in [4.78, 5) is 0. The highest BCUT2D eigenvalue weighted by atomic mass is 19.1. The molecule has 2 heteroatoms. The number of hydrogen-bond donors (Lipinski definition) is 1. The zero-order valence-electron chi connectivity index (χ0n) is 9.39. The van der Waals surface area contributed by atoms with Crippen LogP contribution in [0.25, 0.3) is 0 Å². The van der Waals surface area contributed by atoms with E-state index in [0.29, 0.717) is 5.92 Å². The van der Waals surface area contributed by atoms with Crippen LogP contribution in [0.2, 0.25) is 0 Å². The normalized spacial score (nSPS) is 25.3. The Bertz CT molecular complexity index is 342. The maximum atomic E-state index is 13.7. The van der Waals surface area contributed by atoms with Crippen LogP contribution in [0.1, 0.15) is 32.3 Å². The number of benzene rings is 1. The molecule has 1 N–H and O–H groups in total. The SMILES string of the molecule is CC(C)CC1(c2ccccc2F)CCN1. The van der Waals surface area contributed by atoms with E-state index in [4.69, 9.17) is 0 Å². The van der Waals surface area contributed by atoms with Gasteiger partial charge in [0.2, 0.25) is 0 Å². The van der Waals surface area contributed by atoms with Crippen molar-refractivity contribution < 1.29 is 4.39 Å². The van der Waals surface area contributed by atoms with E-state index in [9.17, 15) is 4.39 Å². The average Bonchev–Trinajstić information content (AvgIpc) is 2.12. The molecule has 1 aliphatic heterocycles. The van der Waals surface area contributed by atoms with Crippen LogP contribution in [0.3, 0.4) is 0 Å². The van der Waals surface area contributed by atoms with Crippen LogP contribution >= 0.6 is 0 Å². The number of hydrogen-bond acceptors (Lipinski definition) is 1. The summed E-state index contributed by atoms with van der Waals surface area (Å²) in [5, 5.41) is 3.41. The van der Waals surface area contributed by atoms with Gasteiger partial charge in [0, 0.05) is 11.1 Å². The summed E-state index contributed by atoms with van der Waals surface area (Å²) in [7, 11) is 0. The molecule has 0 radical (unpaired) electrons. The average molecular weight is 207 g/mol. The number of rotatable bonds is 3. The topological polar surface area (TPSA) is 12.0 Å². The van der Waals surface area contributed by atoms with Crippen molar-refractivity contribution in [1.82, 2.24) is 5.32 Å². The van der Waals surface area contributed by atoms with Crippen molar-refractivity contribution >= 4 is 0 Å². The van der Waals surface area contributed by atoms with Crippen LogP contribution in [0.5, 0.6) is 0 Å². The quantitative estimate of drug-likeness (QED) is 0.803. The van der Waals surface area contributed by atoms with Crippen molar-refractivity contribution in [1.29, 1.82) is 0 Å². The number of nitrogens with one attached hydrogen (secondary N) is 1. The fraction of sp³-hybridized carbons (Fsp3) is 0.538. The Morgan fingerprint density at radius 2 is 2.07 bits per heavy atom. The van der Waals surface area contributed by atoms with Gasteiger partial charge in [-0.25, -0.2) is 4.39 Å².